The number of hydrogen-bond donors (Lipinski definition) is 9. The van der Waals surface area contributed by atoms with Crippen LogP contribution in [0.2, 0.25) is 0 Å². The average Bonchev–Trinajstić information content (AvgIpc) is 3.23. The van der Waals surface area contributed by atoms with Gasteiger partial charge in [-0.2, -0.15) is 0 Å². The topological polar surface area (TPSA) is 375 Å². The largest absolute Gasteiger partial charge is 1.00 e. The van der Waals surface area contributed by atoms with Gasteiger partial charge in [0.2, 0.25) is 11.7 Å². The Morgan fingerprint density at radius 1 is 1.33 bits per heavy atom. The van der Waals surface area contributed by atoms with Crippen molar-refractivity contribution < 1.29 is 137 Å². The second-order valence-corrected chi connectivity index (χ2v) is 11.1. The number of aliphatic hydroxyl groups excluding tert-OH is 6. The third-order valence-electron chi connectivity index (χ3n) is 6.65. The van der Waals surface area contributed by atoms with Crippen molar-refractivity contribution in [2.24, 2.45) is 10.8 Å². The number of nitrogens with two attached hydrogens (primary N) is 1. The fourth-order valence-electron chi connectivity index (χ4n) is 4.49. The molecule has 0 bridgehead atoms. The first-order chi connectivity index (χ1) is 20.6. The van der Waals surface area contributed by atoms with Crippen LogP contribution in [0.3, 0.4) is 0 Å². The normalized spacial score (nSPS) is 34.9. The molecule has 2 saturated heterocycles. The van der Waals surface area contributed by atoms with Crippen LogP contribution >= 0.6 is 7.82 Å². The van der Waals surface area contributed by atoms with Crippen LogP contribution in [-0.2, 0) is 32.7 Å². The fraction of sp³-hybridized carbons (Fsp3) is 0.750. The van der Waals surface area contributed by atoms with E-state index in [4.69, 9.17) is 20.7 Å². The summed E-state index contributed by atoms with van der Waals surface area (Å²) in [5, 5.41) is 80.4. The van der Waals surface area contributed by atoms with E-state index in [2.05, 4.69) is 29.7 Å². The molecule has 0 spiro atoms. The number of nitrogens with one attached hydrogen (secondary N) is 2. The maximum Gasteiger partial charge on any atom is 1.00 e. The first-order valence-corrected chi connectivity index (χ1v) is 14.1. The van der Waals surface area contributed by atoms with E-state index in [1.807, 2.05) is 0 Å². The van der Waals surface area contributed by atoms with Crippen LogP contribution in [0.4, 0.5) is 4.79 Å². The van der Waals surface area contributed by atoms with Gasteiger partial charge in [-0.1, -0.05) is 5.11 Å². The minimum atomic E-state index is -5.87. The molecule has 46 heavy (non-hydrogen) atoms. The smallest absolute Gasteiger partial charge is 0.756 e. The number of hydrogen-bond acceptors (Lipinski definition) is 18. The Bertz CT molecular complexity index is 1220. The van der Waals surface area contributed by atoms with E-state index in [1.54, 1.807) is 0 Å². The molecule has 26 heteroatoms. The number of phosphoric ester groups is 1. The third-order valence-corrected chi connectivity index (χ3v) is 7.64. The molecular formula is C20H30N7Na2O16P. The van der Waals surface area contributed by atoms with Gasteiger partial charge in [0.15, 0.2) is 6.23 Å². The number of rotatable bonds is 13. The molecule has 0 aromatic carbocycles. The number of phosphoric acid groups is 1. The van der Waals surface area contributed by atoms with Crippen molar-refractivity contribution in [3.63, 3.8) is 0 Å². The van der Waals surface area contributed by atoms with E-state index >= 15 is 0 Å². The number of carboxylic acids is 1. The first kappa shape index (κ1) is 43.0. The van der Waals surface area contributed by atoms with E-state index in [0.717, 1.165) is 11.1 Å². The van der Waals surface area contributed by atoms with Crippen molar-refractivity contribution in [3.05, 3.63) is 22.7 Å². The summed E-state index contributed by atoms with van der Waals surface area (Å²) < 4.78 is 32.5. The number of nitrogens with zero attached hydrogens (tertiary/aromatic N) is 4. The number of aliphatic hydroxyl groups is 6. The van der Waals surface area contributed by atoms with Gasteiger partial charge in [-0.25, -0.2) is 4.79 Å². The fourth-order valence-corrected chi connectivity index (χ4v) is 5.43. The van der Waals surface area contributed by atoms with Gasteiger partial charge in [0.25, 0.3) is 7.82 Å². The molecule has 3 heterocycles. The predicted octanol–water partition coefficient (Wildman–Crippen LogP) is -13.1. The van der Waals surface area contributed by atoms with Gasteiger partial charge in [0.1, 0.15) is 49.1 Å². The summed E-state index contributed by atoms with van der Waals surface area (Å²) in [5.41, 5.74) is 13.9. The Labute approximate surface area is 303 Å². The first-order valence-electron chi connectivity index (χ1n) is 12.6. The molecule has 2 fully saturated rings. The van der Waals surface area contributed by atoms with E-state index in [-0.39, 0.29) is 59.1 Å². The Balaban J connectivity index is 0.00000529. The second-order valence-electron chi connectivity index (χ2n) is 9.72. The van der Waals surface area contributed by atoms with Crippen LogP contribution in [-0.4, -0.2) is 140 Å². The zero-order valence-electron chi connectivity index (χ0n) is 24.3. The van der Waals surface area contributed by atoms with Crippen molar-refractivity contribution in [1.29, 1.82) is 0 Å². The summed E-state index contributed by atoms with van der Waals surface area (Å²) in [6.45, 7) is -3.09. The maximum absolute atomic E-state index is 12.7. The number of aliphatic carboxylic acids is 1. The molecule has 10 N–H and O–H groups in total. The zero-order valence-corrected chi connectivity index (χ0v) is 29.2. The number of carbonyl (C=O) groups excluding carboxylic acids is 3. The summed E-state index contributed by atoms with van der Waals surface area (Å²) in [5.74, 6) is -6.96. The molecule has 12 atom stereocenters. The third kappa shape index (κ3) is 10.3. The Kier molecular flexibility index (Phi) is 17.0. The molecule has 3 rings (SSSR count). The van der Waals surface area contributed by atoms with Gasteiger partial charge in [-0.05, 0) is 11.6 Å². The average molecular weight is 701 g/mol. The van der Waals surface area contributed by atoms with E-state index < -0.39 is 119 Å². The van der Waals surface area contributed by atoms with Crippen LogP contribution in [0, 0.1) is 0 Å². The molecule has 23 nitrogen and oxygen atoms in total. The van der Waals surface area contributed by atoms with Crippen molar-refractivity contribution in [2.75, 3.05) is 19.8 Å². The summed E-state index contributed by atoms with van der Waals surface area (Å²) in [7, 11) is -5.87. The van der Waals surface area contributed by atoms with Gasteiger partial charge >= 0.3 is 65.1 Å². The molecule has 0 aromatic rings. The number of carbonyl (C=O) groups is 3. The van der Waals surface area contributed by atoms with Gasteiger partial charge in [0.05, 0.1) is 31.5 Å². The summed E-state index contributed by atoms with van der Waals surface area (Å²) in [6.07, 6.45) is -15.1. The number of amides is 3. The molecule has 3 aliphatic rings. The molecule has 0 radical (unpaired) electrons. The van der Waals surface area contributed by atoms with Gasteiger partial charge < -0.3 is 75.8 Å². The molecule has 248 valence electrons. The van der Waals surface area contributed by atoms with Crippen LogP contribution < -0.4 is 85.5 Å². The maximum atomic E-state index is 12.7. The second kappa shape index (κ2) is 18.1. The van der Waals surface area contributed by atoms with E-state index in [0.29, 0.717) is 0 Å². The van der Waals surface area contributed by atoms with Crippen molar-refractivity contribution >= 4 is 25.7 Å². The van der Waals surface area contributed by atoms with Crippen molar-refractivity contribution in [2.45, 2.75) is 73.4 Å². The van der Waals surface area contributed by atoms with Crippen LogP contribution in [0.25, 0.3) is 10.4 Å². The molecule has 0 saturated carbocycles. The zero-order chi connectivity index (χ0) is 33.0. The minimum Gasteiger partial charge on any atom is -0.756 e. The number of carboxylic acid groups (broad SMARTS) is 1. The Morgan fingerprint density at radius 2 is 1.98 bits per heavy atom. The SMILES string of the molecule is [N-]=[N+]=NCC(=O)NC1C(O)CC(OP(=O)([O-])OCC2OC(N3C=CC(N)NC3=O)C(O)C2O)(C(=O)[O-])OC1C(O)C(O)CO.[Na+].[Na+]. The van der Waals surface area contributed by atoms with Gasteiger partial charge in [-0.15, -0.1) is 0 Å². The van der Waals surface area contributed by atoms with Gasteiger partial charge in [-0.3, -0.25) is 18.8 Å². The van der Waals surface area contributed by atoms with Crippen LogP contribution in [0.5, 0.6) is 0 Å². The standard InChI is InChI=1S/C20H32N7O16P.2Na/c21-10-1-2-27(19(37)24-10)17-15(34)14(33)9(41-17)6-40-44(38,39)43-20(18(35)36)3-7(29)12(25-11(31)4-23-26-22)16(42-20)13(32)8(30)5-28;;/h1-2,7-10,12-17,28-30,32-34H,3-6,21H2,(H,24,37)(H,25,31)(H,35,36)(H,38,39);;/q;2*+1/p-2. The monoisotopic (exact) mass is 701 g/mol. The number of ether oxygens (including phenoxy) is 2. The summed E-state index contributed by atoms with van der Waals surface area (Å²) in [6, 6.07) is -2.61. The molecule has 0 aromatic heterocycles. The van der Waals surface area contributed by atoms with Crippen molar-refractivity contribution in [1.82, 2.24) is 15.5 Å². The Hall–Kier alpha value is -0.990. The van der Waals surface area contributed by atoms with E-state index in [1.165, 1.54) is 6.08 Å². The number of urea groups is 1. The summed E-state index contributed by atoms with van der Waals surface area (Å²) >= 11 is 0. The minimum absolute atomic E-state index is 0. The molecule has 0 aliphatic carbocycles. The van der Waals surface area contributed by atoms with E-state index in [9.17, 15) is 59.6 Å². The summed E-state index contributed by atoms with van der Waals surface area (Å²) in [4.78, 5) is 52.3. The van der Waals surface area contributed by atoms with Crippen molar-refractivity contribution in [3.8, 4) is 0 Å². The van der Waals surface area contributed by atoms with Crippen LogP contribution in [0.15, 0.2) is 17.4 Å². The molecular weight excluding hydrogens is 671 g/mol. The van der Waals surface area contributed by atoms with Gasteiger partial charge in [0, 0.05) is 17.5 Å². The number of azide groups is 1. The van der Waals surface area contributed by atoms with Crippen LogP contribution in [0.1, 0.15) is 6.42 Å². The quantitative estimate of drug-likeness (QED) is 0.0283. The molecule has 3 aliphatic heterocycles. The molecule has 12 unspecified atom stereocenters. The Morgan fingerprint density at radius 3 is 2.54 bits per heavy atom. The molecule has 3 amide bonds. The predicted molar refractivity (Wildman–Crippen MR) is 131 cm³/mol.